The predicted octanol–water partition coefficient (Wildman–Crippen LogP) is 4.15. The summed E-state index contributed by atoms with van der Waals surface area (Å²) >= 11 is 0. The smallest absolute Gasteiger partial charge is 0.0345 e. The molecule has 1 unspecified atom stereocenters. The standard InChI is InChI=1S/C14H21N/c1-4-7-13(8-5-2)15-14-10-6-9-12(3)11-14/h4,6,9-11,13,15H,1,5,7-8H2,2-3H3. The minimum atomic E-state index is 0.522. The zero-order valence-electron chi connectivity index (χ0n) is 9.79. The van der Waals surface area contributed by atoms with Crippen molar-refractivity contribution in [2.45, 2.75) is 39.2 Å². The molecule has 0 spiro atoms. The van der Waals surface area contributed by atoms with E-state index in [9.17, 15) is 0 Å². The quantitative estimate of drug-likeness (QED) is 0.685. The topological polar surface area (TPSA) is 12.0 Å². The van der Waals surface area contributed by atoms with Crippen LogP contribution in [-0.4, -0.2) is 6.04 Å². The molecule has 1 N–H and O–H groups in total. The van der Waals surface area contributed by atoms with Crippen LogP contribution >= 0.6 is 0 Å². The van der Waals surface area contributed by atoms with Gasteiger partial charge in [-0.3, -0.25) is 0 Å². The van der Waals surface area contributed by atoms with Crippen LogP contribution in [0.15, 0.2) is 36.9 Å². The highest BCUT2D eigenvalue weighted by Crippen LogP contribution is 2.14. The van der Waals surface area contributed by atoms with Gasteiger partial charge in [-0.1, -0.05) is 31.6 Å². The molecule has 0 heterocycles. The summed E-state index contributed by atoms with van der Waals surface area (Å²) in [6.07, 6.45) is 5.42. The number of benzene rings is 1. The van der Waals surface area contributed by atoms with E-state index in [1.807, 2.05) is 6.08 Å². The summed E-state index contributed by atoms with van der Waals surface area (Å²) in [4.78, 5) is 0. The number of aryl methyl sites for hydroxylation is 1. The second-order valence-electron chi connectivity index (χ2n) is 4.02. The van der Waals surface area contributed by atoms with Gasteiger partial charge in [0.15, 0.2) is 0 Å². The lowest BCUT2D eigenvalue weighted by Gasteiger charge is -2.17. The molecule has 1 aromatic rings. The molecule has 0 fully saturated rings. The largest absolute Gasteiger partial charge is 0.382 e. The van der Waals surface area contributed by atoms with Crippen molar-refractivity contribution < 1.29 is 0 Å². The molecule has 1 nitrogen and oxygen atoms in total. The Morgan fingerprint density at radius 3 is 2.87 bits per heavy atom. The molecular weight excluding hydrogens is 182 g/mol. The van der Waals surface area contributed by atoms with Gasteiger partial charge in [-0.2, -0.15) is 0 Å². The molecule has 1 rings (SSSR count). The summed E-state index contributed by atoms with van der Waals surface area (Å²) in [6, 6.07) is 9.04. The molecule has 1 aromatic carbocycles. The molecule has 0 saturated heterocycles. The average Bonchev–Trinajstić information content (AvgIpc) is 2.18. The Bertz CT molecular complexity index is 304. The van der Waals surface area contributed by atoms with Crippen LogP contribution in [0.4, 0.5) is 5.69 Å². The fraction of sp³-hybridized carbons (Fsp3) is 0.429. The van der Waals surface area contributed by atoms with Crippen molar-refractivity contribution in [1.82, 2.24) is 0 Å². The van der Waals surface area contributed by atoms with Crippen molar-refractivity contribution in [3.8, 4) is 0 Å². The van der Waals surface area contributed by atoms with Crippen LogP contribution in [0, 0.1) is 6.92 Å². The first-order valence-corrected chi connectivity index (χ1v) is 5.70. The third-order valence-corrected chi connectivity index (χ3v) is 2.48. The van der Waals surface area contributed by atoms with Gasteiger partial charge in [0.2, 0.25) is 0 Å². The molecule has 1 heteroatoms. The van der Waals surface area contributed by atoms with Crippen LogP contribution in [0.5, 0.6) is 0 Å². The van der Waals surface area contributed by atoms with Crippen LogP contribution in [0.25, 0.3) is 0 Å². The SMILES string of the molecule is C=CCC(CCC)Nc1cccc(C)c1. The monoisotopic (exact) mass is 203 g/mol. The van der Waals surface area contributed by atoms with Gasteiger partial charge in [0.05, 0.1) is 0 Å². The molecule has 0 aliphatic heterocycles. The first-order valence-electron chi connectivity index (χ1n) is 5.70. The van der Waals surface area contributed by atoms with Gasteiger partial charge < -0.3 is 5.32 Å². The lowest BCUT2D eigenvalue weighted by atomic mass is 10.1. The number of rotatable bonds is 6. The van der Waals surface area contributed by atoms with E-state index in [0.717, 1.165) is 6.42 Å². The van der Waals surface area contributed by atoms with Crippen molar-refractivity contribution >= 4 is 5.69 Å². The average molecular weight is 203 g/mol. The number of hydrogen-bond acceptors (Lipinski definition) is 1. The maximum atomic E-state index is 3.80. The van der Waals surface area contributed by atoms with Crippen molar-refractivity contribution in [1.29, 1.82) is 0 Å². The van der Waals surface area contributed by atoms with E-state index in [1.54, 1.807) is 0 Å². The second-order valence-corrected chi connectivity index (χ2v) is 4.02. The highest BCUT2D eigenvalue weighted by molar-refractivity contribution is 5.46. The van der Waals surface area contributed by atoms with Gasteiger partial charge in [0, 0.05) is 11.7 Å². The van der Waals surface area contributed by atoms with Crippen LogP contribution < -0.4 is 5.32 Å². The van der Waals surface area contributed by atoms with Crippen LogP contribution in [-0.2, 0) is 0 Å². The summed E-state index contributed by atoms with van der Waals surface area (Å²) in [5.41, 5.74) is 2.52. The van der Waals surface area contributed by atoms with Crippen molar-refractivity contribution in [2.24, 2.45) is 0 Å². The Balaban J connectivity index is 2.60. The van der Waals surface area contributed by atoms with Gasteiger partial charge >= 0.3 is 0 Å². The van der Waals surface area contributed by atoms with E-state index in [4.69, 9.17) is 0 Å². The van der Waals surface area contributed by atoms with Gasteiger partial charge in [0.1, 0.15) is 0 Å². The Morgan fingerprint density at radius 1 is 1.47 bits per heavy atom. The van der Waals surface area contributed by atoms with Crippen molar-refractivity contribution in [3.63, 3.8) is 0 Å². The number of hydrogen-bond donors (Lipinski definition) is 1. The fourth-order valence-electron chi connectivity index (χ4n) is 1.77. The minimum Gasteiger partial charge on any atom is -0.382 e. The maximum Gasteiger partial charge on any atom is 0.0345 e. The normalized spacial score (nSPS) is 12.1. The highest BCUT2D eigenvalue weighted by Gasteiger charge is 2.04. The van der Waals surface area contributed by atoms with Gasteiger partial charge in [-0.25, -0.2) is 0 Å². The van der Waals surface area contributed by atoms with E-state index in [1.165, 1.54) is 24.1 Å². The summed E-state index contributed by atoms with van der Waals surface area (Å²) in [6.45, 7) is 8.14. The van der Waals surface area contributed by atoms with Crippen molar-refractivity contribution in [2.75, 3.05) is 5.32 Å². The van der Waals surface area contributed by atoms with Crippen LogP contribution in [0.3, 0.4) is 0 Å². The lowest BCUT2D eigenvalue weighted by molar-refractivity contribution is 0.648. The van der Waals surface area contributed by atoms with E-state index in [2.05, 4.69) is 50.0 Å². The molecule has 0 amide bonds. The van der Waals surface area contributed by atoms with E-state index < -0.39 is 0 Å². The third kappa shape index (κ3) is 4.20. The Labute approximate surface area is 93.2 Å². The first-order chi connectivity index (χ1) is 7.26. The summed E-state index contributed by atoms with van der Waals surface area (Å²) in [5, 5.41) is 3.55. The summed E-state index contributed by atoms with van der Waals surface area (Å²) in [5.74, 6) is 0. The molecule has 1 atom stereocenters. The van der Waals surface area contributed by atoms with E-state index in [-0.39, 0.29) is 0 Å². The number of nitrogens with one attached hydrogen (secondary N) is 1. The molecule has 15 heavy (non-hydrogen) atoms. The molecule has 0 bridgehead atoms. The zero-order chi connectivity index (χ0) is 11.1. The third-order valence-electron chi connectivity index (χ3n) is 2.48. The molecule has 0 aliphatic carbocycles. The van der Waals surface area contributed by atoms with Crippen LogP contribution in [0.2, 0.25) is 0 Å². The van der Waals surface area contributed by atoms with Crippen LogP contribution in [0.1, 0.15) is 31.7 Å². The second kappa shape index (κ2) is 6.28. The maximum absolute atomic E-state index is 3.80. The molecule has 82 valence electrons. The first kappa shape index (κ1) is 11.8. The Kier molecular flexibility index (Phi) is 4.96. The lowest BCUT2D eigenvalue weighted by Crippen LogP contribution is -2.18. The van der Waals surface area contributed by atoms with Gasteiger partial charge in [-0.05, 0) is 37.5 Å². The zero-order valence-corrected chi connectivity index (χ0v) is 9.79. The summed E-state index contributed by atoms with van der Waals surface area (Å²) < 4.78 is 0. The van der Waals surface area contributed by atoms with E-state index >= 15 is 0 Å². The molecule has 0 aromatic heterocycles. The highest BCUT2D eigenvalue weighted by atomic mass is 14.9. The molecule has 0 radical (unpaired) electrons. The van der Waals surface area contributed by atoms with Gasteiger partial charge in [0.25, 0.3) is 0 Å². The number of anilines is 1. The molecular formula is C14H21N. The van der Waals surface area contributed by atoms with E-state index in [0.29, 0.717) is 6.04 Å². The van der Waals surface area contributed by atoms with Gasteiger partial charge in [-0.15, -0.1) is 6.58 Å². The molecule has 0 aliphatic rings. The Morgan fingerprint density at radius 2 is 2.27 bits per heavy atom. The van der Waals surface area contributed by atoms with Crippen molar-refractivity contribution in [3.05, 3.63) is 42.5 Å². The molecule has 0 saturated carbocycles. The summed E-state index contributed by atoms with van der Waals surface area (Å²) in [7, 11) is 0. The predicted molar refractivity (Wildman–Crippen MR) is 68.3 cm³/mol. The minimum absolute atomic E-state index is 0.522. The fourth-order valence-corrected chi connectivity index (χ4v) is 1.77. The Hall–Kier alpha value is -1.24.